The first-order valence-corrected chi connectivity index (χ1v) is 8.07. The van der Waals surface area contributed by atoms with Crippen molar-refractivity contribution in [3.8, 4) is 6.07 Å². The number of hydrogen-bond donors (Lipinski definition) is 2. The molecule has 0 aromatic carbocycles. The number of nitrogens with one attached hydrogen (secondary N) is 2. The van der Waals surface area contributed by atoms with E-state index in [1.54, 1.807) is 13.8 Å². The van der Waals surface area contributed by atoms with Gasteiger partial charge in [-0.2, -0.15) is 5.26 Å². The molecule has 0 heterocycles. The van der Waals surface area contributed by atoms with E-state index in [2.05, 4.69) is 16.1 Å². The molecule has 1 amide bonds. The fourth-order valence-corrected chi connectivity index (χ4v) is 3.54. The van der Waals surface area contributed by atoms with Crippen molar-refractivity contribution in [2.75, 3.05) is 12.8 Å². The van der Waals surface area contributed by atoms with Crippen molar-refractivity contribution < 1.29 is 13.2 Å². The Morgan fingerprint density at radius 1 is 1.47 bits per heavy atom. The minimum atomic E-state index is -3.34. The van der Waals surface area contributed by atoms with Crippen LogP contribution in [0.5, 0.6) is 0 Å². The zero-order valence-corrected chi connectivity index (χ0v) is 12.6. The van der Waals surface area contributed by atoms with Crippen LogP contribution in [-0.4, -0.2) is 32.7 Å². The standard InChI is InChI=1S/C12H21N3O3S/c1-9-5-12(6-9,7-13)10(16)14-8-11(2,3)15-19(4,17)18/h9,15H,5-6,8H2,1-4H3,(H,14,16). The van der Waals surface area contributed by atoms with Crippen molar-refractivity contribution in [3.63, 3.8) is 0 Å². The molecule has 0 unspecified atom stereocenters. The summed E-state index contributed by atoms with van der Waals surface area (Å²) < 4.78 is 24.8. The molecule has 108 valence electrons. The number of hydrogen-bond acceptors (Lipinski definition) is 4. The number of carbonyl (C=O) groups is 1. The molecule has 7 heteroatoms. The van der Waals surface area contributed by atoms with Crippen LogP contribution in [-0.2, 0) is 14.8 Å². The lowest BCUT2D eigenvalue weighted by atomic mass is 9.63. The molecule has 1 saturated carbocycles. The molecule has 1 fully saturated rings. The summed E-state index contributed by atoms with van der Waals surface area (Å²) in [5, 5.41) is 11.8. The van der Waals surface area contributed by atoms with Gasteiger partial charge in [0.05, 0.1) is 12.3 Å². The van der Waals surface area contributed by atoms with Crippen LogP contribution < -0.4 is 10.0 Å². The average molecular weight is 287 g/mol. The summed E-state index contributed by atoms with van der Waals surface area (Å²) in [5.41, 5.74) is -1.71. The molecular formula is C12H21N3O3S. The van der Waals surface area contributed by atoms with Gasteiger partial charge in [-0.3, -0.25) is 4.79 Å². The van der Waals surface area contributed by atoms with Crippen molar-refractivity contribution in [2.45, 2.75) is 39.2 Å². The van der Waals surface area contributed by atoms with E-state index in [0.29, 0.717) is 18.8 Å². The van der Waals surface area contributed by atoms with Crippen LogP contribution in [0.15, 0.2) is 0 Å². The molecule has 0 saturated heterocycles. The van der Waals surface area contributed by atoms with Gasteiger partial charge >= 0.3 is 0 Å². The highest BCUT2D eigenvalue weighted by atomic mass is 32.2. The number of nitriles is 1. The van der Waals surface area contributed by atoms with Crippen LogP contribution in [0, 0.1) is 22.7 Å². The Labute approximate surface area is 114 Å². The Bertz CT molecular complexity index is 499. The van der Waals surface area contributed by atoms with E-state index in [1.807, 2.05) is 6.92 Å². The lowest BCUT2D eigenvalue weighted by Crippen LogP contribution is -2.55. The Morgan fingerprint density at radius 2 is 2.00 bits per heavy atom. The van der Waals surface area contributed by atoms with E-state index in [1.165, 1.54) is 0 Å². The van der Waals surface area contributed by atoms with Gasteiger partial charge in [-0.05, 0) is 32.6 Å². The predicted molar refractivity (Wildman–Crippen MR) is 71.5 cm³/mol. The van der Waals surface area contributed by atoms with E-state index in [-0.39, 0.29) is 12.5 Å². The van der Waals surface area contributed by atoms with E-state index in [0.717, 1.165) is 6.26 Å². The summed E-state index contributed by atoms with van der Waals surface area (Å²) in [6.45, 7) is 5.50. The highest BCUT2D eigenvalue weighted by Gasteiger charge is 2.49. The first-order valence-electron chi connectivity index (χ1n) is 6.18. The van der Waals surface area contributed by atoms with Gasteiger partial charge in [-0.25, -0.2) is 13.1 Å². The molecule has 0 radical (unpaired) electrons. The van der Waals surface area contributed by atoms with E-state index in [4.69, 9.17) is 5.26 Å². The zero-order chi connectivity index (χ0) is 14.9. The van der Waals surface area contributed by atoms with Crippen molar-refractivity contribution >= 4 is 15.9 Å². The number of carbonyl (C=O) groups excluding carboxylic acids is 1. The maximum atomic E-state index is 12.0. The molecule has 0 aromatic heterocycles. The van der Waals surface area contributed by atoms with Crippen molar-refractivity contribution in [1.29, 1.82) is 5.26 Å². The summed E-state index contributed by atoms with van der Waals surface area (Å²) in [6, 6.07) is 2.08. The molecule has 0 aromatic rings. The predicted octanol–water partition coefficient (Wildman–Crippen LogP) is 0.370. The van der Waals surface area contributed by atoms with Crippen LogP contribution in [0.1, 0.15) is 33.6 Å². The molecule has 0 spiro atoms. The molecule has 6 nitrogen and oxygen atoms in total. The van der Waals surface area contributed by atoms with Gasteiger partial charge in [0.15, 0.2) is 0 Å². The van der Waals surface area contributed by atoms with Gasteiger partial charge in [0.2, 0.25) is 15.9 Å². The zero-order valence-electron chi connectivity index (χ0n) is 11.8. The van der Waals surface area contributed by atoms with Gasteiger partial charge < -0.3 is 5.32 Å². The first-order chi connectivity index (χ1) is 8.50. The second-order valence-electron chi connectivity index (χ2n) is 6.15. The fourth-order valence-electron chi connectivity index (χ4n) is 2.47. The lowest BCUT2D eigenvalue weighted by Gasteiger charge is -2.40. The number of rotatable bonds is 5. The average Bonchev–Trinajstić information content (AvgIpc) is 2.17. The quantitative estimate of drug-likeness (QED) is 0.763. The van der Waals surface area contributed by atoms with Gasteiger partial charge in [0.25, 0.3) is 0 Å². The molecule has 0 aliphatic heterocycles. The molecule has 1 aliphatic carbocycles. The second-order valence-corrected chi connectivity index (χ2v) is 7.90. The highest BCUT2D eigenvalue weighted by Crippen LogP contribution is 2.45. The topological polar surface area (TPSA) is 99.1 Å². The Balaban J connectivity index is 2.58. The van der Waals surface area contributed by atoms with Gasteiger partial charge in [-0.1, -0.05) is 6.92 Å². The highest BCUT2D eigenvalue weighted by molar-refractivity contribution is 7.88. The third-order valence-electron chi connectivity index (χ3n) is 3.20. The van der Waals surface area contributed by atoms with Gasteiger partial charge in [-0.15, -0.1) is 0 Å². The van der Waals surface area contributed by atoms with Crippen molar-refractivity contribution in [1.82, 2.24) is 10.0 Å². The summed E-state index contributed by atoms with van der Waals surface area (Å²) in [5.74, 6) is 0.0732. The molecule has 1 aliphatic rings. The first kappa shape index (κ1) is 15.9. The fraction of sp³-hybridized carbons (Fsp3) is 0.833. The van der Waals surface area contributed by atoms with Gasteiger partial charge in [0, 0.05) is 12.1 Å². The van der Waals surface area contributed by atoms with Crippen molar-refractivity contribution in [2.24, 2.45) is 11.3 Å². The van der Waals surface area contributed by atoms with Crippen LogP contribution >= 0.6 is 0 Å². The number of sulfonamides is 1. The summed E-state index contributed by atoms with van der Waals surface area (Å²) in [6.07, 6.45) is 2.20. The SMILES string of the molecule is CC1CC(C#N)(C(=O)NCC(C)(C)NS(C)(=O)=O)C1. The van der Waals surface area contributed by atoms with E-state index >= 15 is 0 Å². The minimum absolute atomic E-state index is 0.150. The maximum Gasteiger partial charge on any atom is 0.240 e. The van der Waals surface area contributed by atoms with E-state index < -0.39 is 21.0 Å². The molecule has 0 atom stereocenters. The van der Waals surface area contributed by atoms with Crippen LogP contribution in [0.3, 0.4) is 0 Å². The molecule has 2 N–H and O–H groups in total. The van der Waals surface area contributed by atoms with E-state index in [9.17, 15) is 13.2 Å². The summed E-state index contributed by atoms with van der Waals surface area (Å²) >= 11 is 0. The smallest absolute Gasteiger partial charge is 0.240 e. The van der Waals surface area contributed by atoms with Crippen LogP contribution in [0.4, 0.5) is 0 Å². The molecule has 0 bridgehead atoms. The number of nitrogens with zero attached hydrogens (tertiary/aromatic N) is 1. The minimum Gasteiger partial charge on any atom is -0.353 e. The van der Waals surface area contributed by atoms with Crippen LogP contribution in [0.2, 0.25) is 0 Å². The third-order valence-corrected chi connectivity index (χ3v) is 4.12. The van der Waals surface area contributed by atoms with Crippen LogP contribution in [0.25, 0.3) is 0 Å². The largest absolute Gasteiger partial charge is 0.353 e. The molecule has 19 heavy (non-hydrogen) atoms. The monoisotopic (exact) mass is 287 g/mol. The molecule has 1 rings (SSSR count). The lowest BCUT2D eigenvalue weighted by molar-refractivity contribution is -0.134. The number of amides is 1. The summed E-state index contributed by atoms with van der Waals surface area (Å²) in [4.78, 5) is 12.0. The second kappa shape index (κ2) is 5.10. The van der Waals surface area contributed by atoms with Crippen molar-refractivity contribution in [3.05, 3.63) is 0 Å². The Hall–Kier alpha value is -1.13. The maximum absolute atomic E-state index is 12.0. The van der Waals surface area contributed by atoms with Gasteiger partial charge in [0.1, 0.15) is 5.41 Å². The Kier molecular flexibility index (Phi) is 4.27. The Morgan fingerprint density at radius 3 is 2.37 bits per heavy atom. The molecular weight excluding hydrogens is 266 g/mol. The normalized spacial score (nSPS) is 27.2. The third kappa shape index (κ3) is 4.18. The summed E-state index contributed by atoms with van der Waals surface area (Å²) in [7, 11) is -3.34.